The second kappa shape index (κ2) is 8.64. The minimum Gasteiger partial charge on any atom is -0.496 e. The first-order chi connectivity index (χ1) is 10.3. The predicted molar refractivity (Wildman–Crippen MR) is 83.6 cm³/mol. The topological polar surface area (TPSA) is 53.6 Å². The summed E-state index contributed by atoms with van der Waals surface area (Å²) in [5.74, 6) is 0.983. The highest BCUT2D eigenvalue weighted by Crippen LogP contribution is 2.17. The summed E-state index contributed by atoms with van der Waals surface area (Å²) in [4.78, 5) is 14.2. The van der Waals surface area contributed by atoms with Gasteiger partial charge in [0.25, 0.3) is 0 Å². The number of methoxy groups -OCH3 is 1. The van der Waals surface area contributed by atoms with Crippen LogP contribution in [0.25, 0.3) is 0 Å². The van der Waals surface area contributed by atoms with Crippen LogP contribution in [0, 0.1) is 0 Å². The van der Waals surface area contributed by atoms with Gasteiger partial charge in [-0.05, 0) is 37.6 Å². The van der Waals surface area contributed by atoms with Crippen molar-refractivity contribution in [3.8, 4) is 5.75 Å². The maximum atomic E-state index is 12.0. The molecule has 1 aliphatic rings. The van der Waals surface area contributed by atoms with Gasteiger partial charge >= 0.3 is 0 Å². The molecule has 1 aliphatic heterocycles. The molecule has 0 atom stereocenters. The minimum atomic E-state index is 0.104. The molecule has 1 aromatic rings. The van der Waals surface area contributed by atoms with Gasteiger partial charge in [-0.25, -0.2) is 0 Å². The van der Waals surface area contributed by atoms with Gasteiger partial charge < -0.3 is 15.4 Å². The largest absolute Gasteiger partial charge is 0.496 e. The first kappa shape index (κ1) is 15.8. The summed E-state index contributed by atoms with van der Waals surface area (Å²) in [5, 5.41) is 6.33. The van der Waals surface area contributed by atoms with Crippen LogP contribution in [-0.4, -0.2) is 57.2 Å². The van der Waals surface area contributed by atoms with Crippen LogP contribution in [0.3, 0.4) is 0 Å². The lowest BCUT2D eigenvalue weighted by molar-refractivity contribution is -0.122. The van der Waals surface area contributed by atoms with Crippen molar-refractivity contribution in [2.75, 3.05) is 46.4 Å². The summed E-state index contributed by atoms with van der Waals surface area (Å²) in [6, 6.07) is 7.92. The SMILES string of the molecule is COc1ccccc1CCNC(=O)CN1CCCNCC1. The van der Waals surface area contributed by atoms with E-state index in [1.165, 1.54) is 0 Å². The zero-order chi connectivity index (χ0) is 14.9. The van der Waals surface area contributed by atoms with E-state index in [-0.39, 0.29) is 5.91 Å². The molecule has 1 amide bonds. The smallest absolute Gasteiger partial charge is 0.234 e. The number of nitrogens with one attached hydrogen (secondary N) is 2. The number of hydrogen-bond acceptors (Lipinski definition) is 4. The summed E-state index contributed by atoms with van der Waals surface area (Å²) in [6.45, 7) is 5.09. The van der Waals surface area contributed by atoms with Crippen molar-refractivity contribution < 1.29 is 9.53 Å². The average Bonchev–Trinajstić information content (AvgIpc) is 2.76. The van der Waals surface area contributed by atoms with Gasteiger partial charge in [-0.2, -0.15) is 0 Å². The number of carbonyl (C=O) groups is 1. The highest BCUT2D eigenvalue weighted by molar-refractivity contribution is 5.78. The first-order valence-electron chi connectivity index (χ1n) is 7.61. The Kier molecular flexibility index (Phi) is 6.50. The van der Waals surface area contributed by atoms with Crippen LogP contribution in [0.5, 0.6) is 5.75 Å². The molecule has 0 unspecified atom stereocenters. The van der Waals surface area contributed by atoms with Crippen LogP contribution in [0.1, 0.15) is 12.0 Å². The van der Waals surface area contributed by atoms with E-state index >= 15 is 0 Å². The molecule has 116 valence electrons. The van der Waals surface area contributed by atoms with Gasteiger partial charge in [-0.1, -0.05) is 18.2 Å². The average molecular weight is 291 g/mol. The maximum absolute atomic E-state index is 12.0. The molecule has 1 fully saturated rings. The molecule has 0 saturated carbocycles. The molecule has 5 heteroatoms. The predicted octanol–water partition coefficient (Wildman–Crippen LogP) is 0.649. The zero-order valence-electron chi connectivity index (χ0n) is 12.7. The van der Waals surface area contributed by atoms with Crippen LogP contribution in [-0.2, 0) is 11.2 Å². The Morgan fingerprint density at radius 2 is 2.19 bits per heavy atom. The van der Waals surface area contributed by atoms with Crippen LogP contribution < -0.4 is 15.4 Å². The number of ether oxygens (including phenoxy) is 1. The van der Waals surface area contributed by atoms with Gasteiger partial charge in [0.1, 0.15) is 5.75 Å². The molecule has 1 heterocycles. The van der Waals surface area contributed by atoms with Crippen LogP contribution in [0.15, 0.2) is 24.3 Å². The third kappa shape index (κ3) is 5.36. The summed E-state index contributed by atoms with van der Waals surface area (Å²) in [7, 11) is 1.67. The molecule has 0 aliphatic carbocycles. The Balaban J connectivity index is 1.71. The van der Waals surface area contributed by atoms with Crippen LogP contribution in [0.4, 0.5) is 0 Å². The molecule has 2 rings (SSSR count). The summed E-state index contributed by atoms with van der Waals surface area (Å²) in [6.07, 6.45) is 1.89. The third-order valence-electron chi connectivity index (χ3n) is 3.71. The van der Waals surface area contributed by atoms with E-state index in [1.54, 1.807) is 7.11 Å². The molecular formula is C16H25N3O2. The molecule has 0 radical (unpaired) electrons. The van der Waals surface area contributed by atoms with E-state index in [2.05, 4.69) is 15.5 Å². The fourth-order valence-electron chi connectivity index (χ4n) is 2.56. The monoisotopic (exact) mass is 291 g/mol. The summed E-state index contributed by atoms with van der Waals surface area (Å²) in [5.41, 5.74) is 1.12. The second-order valence-corrected chi connectivity index (χ2v) is 5.29. The molecule has 0 bridgehead atoms. The number of rotatable bonds is 6. The van der Waals surface area contributed by atoms with E-state index in [0.717, 1.165) is 50.3 Å². The van der Waals surface area contributed by atoms with Gasteiger partial charge in [0, 0.05) is 19.6 Å². The number of carbonyl (C=O) groups excluding carboxylic acids is 1. The Bertz CT molecular complexity index is 443. The Hall–Kier alpha value is -1.59. The highest BCUT2D eigenvalue weighted by atomic mass is 16.5. The minimum absolute atomic E-state index is 0.104. The van der Waals surface area contributed by atoms with E-state index in [1.807, 2.05) is 24.3 Å². The Morgan fingerprint density at radius 1 is 1.33 bits per heavy atom. The van der Waals surface area contributed by atoms with Crippen molar-refractivity contribution in [2.24, 2.45) is 0 Å². The number of para-hydroxylation sites is 1. The number of hydrogen-bond donors (Lipinski definition) is 2. The van der Waals surface area contributed by atoms with Crippen molar-refractivity contribution in [2.45, 2.75) is 12.8 Å². The third-order valence-corrected chi connectivity index (χ3v) is 3.71. The summed E-state index contributed by atoms with van der Waals surface area (Å²) < 4.78 is 5.31. The van der Waals surface area contributed by atoms with E-state index in [4.69, 9.17) is 4.74 Å². The molecule has 1 saturated heterocycles. The number of nitrogens with zero attached hydrogens (tertiary/aromatic N) is 1. The molecule has 21 heavy (non-hydrogen) atoms. The summed E-state index contributed by atoms with van der Waals surface area (Å²) >= 11 is 0. The molecule has 2 N–H and O–H groups in total. The van der Waals surface area contributed by atoms with Crippen molar-refractivity contribution in [1.82, 2.24) is 15.5 Å². The Morgan fingerprint density at radius 3 is 3.05 bits per heavy atom. The number of benzene rings is 1. The first-order valence-corrected chi connectivity index (χ1v) is 7.61. The fourth-order valence-corrected chi connectivity index (χ4v) is 2.56. The Labute approximate surface area is 126 Å². The quantitative estimate of drug-likeness (QED) is 0.808. The normalized spacial score (nSPS) is 16.2. The second-order valence-electron chi connectivity index (χ2n) is 5.29. The standard InChI is InChI=1S/C16H25N3O2/c1-21-15-6-3-2-5-14(15)7-9-18-16(20)13-19-11-4-8-17-10-12-19/h2-3,5-6,17H,4,7-13H2,1H3,(H,18,20). The molecule has 0 aromatic heterocycles. The van der Waals surface area contributed by atoms with Crippen LogP contribution >= 0.6 is 0 Å². The molecule has 0 spiro atoms. The van der Waals surface area contributed by atoms with Crippen molar-refractivity contribution >= 4 is 5.91 Å². The molecule has 1 aromatic carbocycles. The van der Waals surface area contributed by atoms with Gasteiger partial charge in [0.15, 0.2) is 0 Å². The molecule has 5 nitrogen and oxygen atoms in total. The fraction of sp³-hybridized carbons (Fsp3) is 0.562. The van der Waals surface area contributed by atoms with Crippen LogP contribution in [0.2, 0.25) is 0 Å². The maximum Gasteiger partial charge on any atom is 0.234 e. The van der Waals surface area contributed by atoms with Gasteiger partial charge in [-0.15, -0.1) is 0 Å². The lowest BCUT2D eigenvalue weighted by Crippen LogP contribution is -2.39. The van der Waals surface area contributed by atoms with Gasteiger partial charge in [-0.3, -0.25) is 9.69 Å². The van der Waals surface area contributed by atoms with Crippen molar-refractivity contribution in [3.05, 3.63) is 29.8 Å². The van der Waals surface area contributed by atoms with E-state index in [9.17, 15) is 4.79 Å². The van der Waals surface area contributed by atoms with Gasteiger partial charge in [0.2, 0.25) is 5.91 Å². The van der Waals surface area contributed by atoms with Crippen molar-refractivity contribution in [3.63, 3.8) is 0 Å². The molecular weight excluding hydrogens is 266 g/mol. The van der Waals surface area contributed by atoms with E-state index < -0.39 is 0 Å². The lowest BCUT2D eigenvalue weighted by atomic mass is 10.1. The van der Waals surface area contributed by atoms with E-state index in [0.29, 0.717) is 13.1 Å². The van der Waals surface area contributed by atoms with Gasteiger partial charge in [0.05, 0.1) is 13.7 Å². The lowest BCUT2D eigenvalue weighted by Gasteiger charge is -2.18. The highest BCUT2D eigenvalue weighted by Gasteiger charge is 2.12. The van der Waals surface area contributed by atoms with Crippen molar-refractivity contribution in [1.29, 1.82) is 0 Å². The zero-order valence-corrected chi connectivity index (χ0v) is 12.7. The number of amides is 1.